The van der Waals surface area contributed by atoms with Gasteiger partial charge in [-0.2, -0.15) is 0 Å². The molecular weight excluding hydrogens is 376 g/mol. The smallest absolute Gasteiger partial charge is 0.164 e. The first-order chi connectivity index (χ1) is 14.0. The van der Waals surface area contributed by atoms with Gasteiger partial charge in [-0.15, -0.1) is 0 Å². The Kier molecular flexibility index (Phi) is 5.53. The summed E-state index contributed by atoms with van der Waals surface area (Å²) in [6.45, 7) is -0.479. The lowest BCUT2D eigenvalue weighted by Crippen LogP contribution is -2.56. The number of hydrogen-bond acceptors (Lipinski definition) is 7. The van der Waals surface area contributed by atoms with Gasteiger partial charge < -0.3 is 34.5 Å². The van der Waals surface area contributed by atoms with Crippen LogP contribution in [0.25, 0.3) is 11.0 Å². The Bertz CT molecular complexity index is 971. The molecule has 1 saturated heterocycles. The van der Waals surface area contributed by atoms with Crippen molar-refractivity contribution in [3.05, 3.63) is 59.9 Å². The van der Waals surface area contributed by atoms with Gasteiger partial charge in [0.1, 0.15) is 35.8 Å². The predicted molar refractivity (Wildman–Crippen MR) is 105 cm³/mol. The predicted octanol–water partition coefficient (Wildman–Crippen LogP) is 0.608. The average Bonchev–Trinajstić information content (AvgIpc) is 3.11. The third kappa shape index (κ3) is 3.61. The number of pyridine rings is 1. The van der Waals surface area contributed by atoms with E-state index in [-0.39, 0.29) is 0 Å². The summed E-state index contributed by atoms with van der Waals surface area (Å²) in [5.41, 5.74) is 2.62. The molecule has 2 aromatic heterocycles. The van der Waals surface area contributed by atoms with E-state index in [2.05, 4.69) is 4.98 Å². The fourth-order valence-electron chi connectivity index (χ4n) is 3.76. The molecule has 0 radical (unpaired) electrons. The van der Waals surface area contributed by atoms with E-state index < -0.39 is 37.3 Å². The van der Waals surface area contributed by atoms with Crippen LogP contribution < -0.4 is 4.74 Å². The molecule has 29 heavy (non-hydrogen) atoms. The topological polar surface area (TPSA) is 117 Å². The van der Waals surface area contributed by atoms with E-state index in [9.17, 15) is 20.4 Å². The van der Waals surface area contributed by atoms with Crippen LogP contribution in [0.5, 0.6) is 5.75 Å². The molecule has 4 rings (SSSR count). The Balaban J connectivity index is 1.72. The second-order valence-electron chi connectivity index (χ2n) is 7.18. The summed E-state index contributed by atoms with van der Waals surface area (Å²) in [4.78, 5) is 4.42. The summed E-state index contributed by atoms with van der Waals surface area (Å²) in [6, 6.07) is 11.5. The maximum atomic E-state index is 10.5. The minimum absolute atomic E-state index is 0.479. The number of aliphatic hydroxyl groups is 4. The summed E-state index contributed by atoms with van der Waals surface area (Å²) in [5.74, 6) is 0.777. The van der Waals surface area contributed by atoms with E-state index in [1.807, 2.05) is 42.6 Å². The van der Waals surface area contributed by atoms with E-state index in [0.29, 0.717) is 12.1 Å². The molecule has 154 valence electrons. The minimum atomic E-state index is -1.45. The lowest BCUT2D eigenvalue weighted by Gasteiger charge is -2.40. The fraction of sp³-hybridized carbons (Fsp3) is 0.381. The van der Waals surface area contributed by atoms with Crippen molar-refractivity contribution >= 4 is 11.0 Å². The van der Waals surface area contributed by atoms with Crippen molar-refractivity contribution in [3.8, 4) is 5.75 Å². The summed E-state index contributed by atoms with van der Waals surface area (Å²) in [6.07, 6.45) is -2.11. The summed E-state index contributed by atoms with van der Waals surface area (Å²) in [7, 11) is 1.62. The molecule has 1 aromatic carbocycles. The van der Waals surface area contributed by atoms with Crippen LogP contribution in [0.4, 0.5) is 0 Å². The van der Waals surface area contributed by atoms with Gasteiger partial charge in [0.2, 0.25) is 0 Å². The zero-order chi connectivity index (χ0) is 20.5. The lowest BCUT2D eigenvalue weighted by molar-refractivity contribution is -0.250. The number of hydrogen-bond donors (Lipinski definition) is 4. The molecule has 8 heteroatoms. The van der Waals surface area contributed by atoms with E-state index in [0.717, 1.165) is 22.3 Å². The maximum absolute atomic E-state index is 10.5. The van der Waals surface area contributed by atoms with Gasteiger partial charge in [0.25, 0.3) is 0 Å². The highest BCUT2D eigenvalue weighted by Crippen LogP contribution is 2.33. The van der Waals surface area contributed by atoms with Crippen LogP contribution in [0.2, 0.25) is 0 Å². The molecule has 3 aromatic rings. The quantitative estimate of drug-likeness (QED) is 0.496. The first-order valence-electron chi connectivity index (χ1n) is 9.41. The van der Waals surface area contributed by atoms with Gasteiger partial charge in [-0.25, -0.2) is 4.98 Å². The number of nitrogens with zero attached hydrogens (tertiary/aromatic N) is 2. The summed E-state index contributed by atoms with van der Waals surface area (Å²) < 4.78 is 12.6. The van der Waals surface area contributed by atoms with Crippen molar-refractivity contribution in [2.24, 2.45) is 0 Å². The fourth-order valence-corrected chi connectivity index (χ4v) is 3.76. The molecule has 4 N–H and O–H groups in total. The molecule has 1 aliphatic heterocycles. The van der Waals surface area contributed by atoms with Gasteiger partial charge in [0.15, 0.2) is 6.23 Å². The molecular formula is C21H24N2O6. The van der Waals surface area contributed by atoms with Crippen molar-refractivity contribution in [2.75, 3.05) is 13.7 Å². The number of ether oxygens (including phenoxy) is 2. The number of methoxy groups -OCH3 is 1. The van der Waals surface area contributed by atoms with Crippen LogP contribution in [0, 0.1) is 0 Å². The molecule has 0 amide bonds. The standard InChI is InChI=1S/C21H24N2O6/c1-28-14-6-4-12(5-7-14)9-13-10-23(20-15(13)3-2-8-22-20)21-19(27)18(26)17(25)16(11-24)29-21/h2-8,10,16-19,21,24-27H,9,11H2,1H3/t16-,17-,18+,19-,21-/m1/s1. The Morgan fingerprint density at radius 2 is 1.83 bits per heavy atom. The van der Waals surface area contributed by atoms with Gasteiger partial charge in [-0.1, -0.05) is 12.1 Å². The third-order valence-electron chi connectivity index (χ3n) is 5.37. The van der Waals surface area contributed by atoms with Gasteiger partial charge in [-0.3, -0.25) is 0 Å². The normalized spacial score (nSPS) is 27.3. The SMILES string of the molecule is COc1ccc(Cc2cn([C@@H]3O[C@H](CO)[C@@H](O)[C@H](O)[C@H]3O)c3ncccc23)cc1. The van der Waals surface area contributed by atoms with Crippen molar-refractivity contribution in [1.29, 1.82) is 0 Å². The first kappa shape index (κ1) is 19.8. The van der Waals surface area contributed by atoms with Gasteiger partial charge in [0, 0.05) is 17.8 Å². The molecule has 1 fully saturated rings. The molecule has 0 unspecified atom stereocenters. The Morgan fingerprint density at radius 1 is 1.07 bits per heavy atom. The Morgan fingerprint density at radius 3 is 2.52 bits per heavy atom. The van der Waals surface area contributed by atoms with Crippen LogP contribution in [-0.4, -0.2) is 68.1 Å². The molecule has 8 nitrogen and oxygen atoms in total. The Hall–Kier alpha value is -2.49. The van der Waals surface area contributed by atoms with E-state index in [1.165, 1.54) is 0 Å². The van der Waals surface area contributed by atoms with E-state index in [4.69, 9.17) is 9.47 Å². The number of rotatable bonds is 5. The van der Waals surface area contributed by atoms with Crippen LogP contribution in [-0.2, 0) is 11.2 Å². The number of aliphatic hydroxyl groups excluding tert-OH is 4. The number of aromatic nitrogens is 2. The van der Waals surface area contributed by atoms with Crippen LogP contribution >= 0.6 is 0 Å². The maximum Gasteiger partial charge on any atom is 0.164 e. The minimum Gasteiger partial charge on any atom is -0.497 e. The Labute approximate surface area is 167 Å². The van der Waals surface area contributed by atoms with Gasteiger partial charge in [-0.05, 0) is 41.8 Å². The molecule has 0 saturated carbocycles. The summed E-state index contributed by atoms with van der Waals surface area (Å²) >= 11 is 0. The highest BCUT2D eigenvalue weighted by molar-refractivity contribution is 5.81. The second-order valence-corrected chi connectivity index (χ2v) is 7.18. The van der Waals surface area contributed by atoms with Crippen molar-refractivity contribution in [3.63, 3.8) is 0 Å². The van der Waals surface area contributed by atoms with E-state index >= 15 is 0 Å². The zero-order valence-electron chi connectivity index (χ0n) is 15.9. The molecule has 0 bridgehead atoms. The van der Waals surface area contributed by atoms with Crippen LogP contribution in [0.3, 0.4) is 0 Å². The molecule has 0 aliphatic carbocycles. The lowest BCUT2D eigenvalue weighted by atomic mass is 9.98. The molecule has 3 heterocycles. The van der Waals surface area contributed by atoms with Crippen LogP contribution in [0.1, 0.15) is 17.4 Å². The second kappa shape index (κ2) is 8.10. The van der Waals surface area contributed by atoms with Crippen molar-refractivity contribution < 1.29 is 29.9 Å². The van der Waals surface area contributed by atoms with Gasteiger partial charge >= 0.3 is 0 Å². The monoisotopic (exact) mass is 400 g/mol. The third-order valence-corrected chi connectivity index (χ3v) is 5.37. The van der Waals surface area contributed by atoms with E-state index in [1.54, 1.807) is 17.9 Å². The van der Waals surface area contributed by atoms with Crippen molar-refractivity contribution in [2.45, 2.75) is 37.1 Å². The van der Waals surface area contributed by atoms with Crippen molar-refractivity contribution in [1.82, 2.24) is 9.55 Å². The zero-order valence-corrected chi connectivity index (χ0v) is 15.9. The van der Waals surface area contributed by atoms with Gasteiger partial charge in [0.05, 0.1) is 13.7 Å². The largest absolute Gasteiger partial charge is 0.497 e. The molecule has 5 atom stereocenters. The summed E-state index contributed by atoms with van der Waals surface area (Å²) in [5, 5.41) is 41.1. The molecule has 1 aliphatic rings. The molecule has 0 spiro atoms. The van der Waals surface area contributed by atoms with Crippen LogP contribution in [0.15, 0.2) is 48.8 Å². The average molecular weight is 400 g/mol. The highest BCUT2D eigenvalue weighted by atomic mass is 16.6. The highest BCUT2D eigenvalue weighted by Gasteiger charge is 2.44. The number of fused-ring (bicyclic) bond motifs is 1. The number of benzene rings is 1. The first-order valence-corrected chi connectivity index (χ1v) is 9.41.